The zero-order chi connectivity index (χ0) is 18.2. The predicted molar refractivity (Wildman–Crippen MR) is 108 cm³/mol. The summed E-state index contributed by atoms with van der Waals surface area (Å²) in [6.07, 6.45) is 3.40. The van der Waals surface area contributed by atoms with Crippen LogP contribution in [0.1, 0.15) is 17.4 Å². The maximum absolute atomic E-state index is 10.2. The molecule has 0 saturated carbocycles. The highest BCUT2D eigenvalue weighted by Gasteiger charge is 2.12. The first-order valence-corrected chi connectivity index (χ1v) is 9.72. The second-order valence-corrected chi connectivity index (χ2v) is 7.71. The van der Waals surface area contributed by atoms with E-state index < -0.39 is 6.10 Å². The quantitative estimate of drug-likeness (QED) is 0.645. The summed E-state index contributed by atoms with van der Waals surface area (Å²) in [6.45, 7) is 3.53. The summed E-state index contributed by atoms with van der Waals surface area (Å²) in [5, 5.41) is 12.3. The van der Waals surface area contributed by atoms with Gasteiger partial charge in [0.1, 0.15) is 12.7 Å². The van der Waals surface area contributed by atoms with Gasteiger partial charge in [-0.15, -0.1) is 11.3 Å². The van der Waals surface area contributed by atoms with Gasteiger partial charge in [0.2, 0.25) is 0 Å². The number of methoxy groups -OCH3 is 1. The van der Waals surface area contributed by atoms with Crippen LogP contribution in [0, 0.1) is 0 Å². The van der Waals surface area contributed by atoms with Crippen LogP contribution in [0.15, 0.2) is 40.2 Å². The van der Waals surface area contributed by atoms with Crippen LogP contribution in [-0.4, -0.2) is 43.4 Å². The lowest BCUT2D eigenvalue weighted by Gasteiger charge is -2.20. The van der Waals surface area contributed by atoms with Crippen LogP contribution < -0.4 is 9.47 Å². The minimum atomic E-state index is -0.576. The highest BCUT2D eigenvalue weighted by molar-refractivity contribution is 9.10. The fourth-order valence-corrected chi connectivity index (χ4v) is 4.00. The van der Waals surface area contributed by atoms with Gasteiger partial charge in [-0.1, -0.05) is 18.2 Å². The van der Waals surface area contributed by atoms with Crippen LogP contribution in [0.3, 0.4) is 0 Å². The smallest absolute Gasteiger partial charge is 0.161 e. The first-order chi connectivity index (χ1) is 12.0. The molecule has 6 heteroatoms. The monoisotopic (exact) mass is 425 g/mol. The summed E-state index contributed by atoms with van der Waals surface area (Å²) in [7, 11) is 3.61. The van der Waals surface area contributed by atoms with Gasteiger partial charge in [0, 0.05) is 27.8 Å². The fourth-order valence-electron chi connectivity index (χ4n) is 2.47. The van der Waals surface area contributed by atoms with Gasteiger partial charge in [0.25, 0.3) is 0 Å². The fraction of sp³-hybridized carbons (Fsp3) is 0.368. The van der Waals surface area contributed by atoms with E-state index in [1.165, 1.54) is 4.88 Å². The molecule has 0 amide bonds. The number of allylic oxidation sites excluding steroid dienone is 1. The molecule has 4 nitrogen and oxygen atoms in total. The van der Waals surface area contributed by atoms with E-state index in [1.54, 1.807) is 18.4 Å². The van der Waals surface area contributed by atoms with E-state index in [9.17, 15) is 5.11 Å². The average Bonchev–Trinajstić information content (AvgIpc) is 2.98. The molecule has 0 aliphatic heterocycles. The molecule has 136 valence electrons. The number of likely N-dealkylation sites (N-methyl/N-ethyl adjacent to an activating group) is 1. The SMILES string of the molecule is C/C=C/c1ccc(OCC(O)CN(C)Cc2cc(Br)cs2)c(OC)c1. The molecular formula is C19H24BrNO3S. The van der Waals surface area contributed by atoms with Crippen LogP contribution in [0.25, 0.3) is 6.08 Å². The molecule has 25 heavy (non-hydrogen) atoms. The Morgan fingerprint density at radius 1 is 1.32 bits per heavy atom. The highest BCUT2D eigenvalue weighted by Crippen LogP contribution is 2.28. The number of nitrogens with zero attached hydrogens (tertiary/aromatic N) is 1. The van der Waals surface area contributed by atoms with Crippen molar-refractivity contribution in [2.45, 2.75) is 19.6 Å². The highest BCUT2D eigenvalue weighted by atomic mass is 79.9. The van der Waals surface area contributed by atoms with Gasteiger partial charge in [-0.25, -0.2) is 0 Å². The average molecular weight is 426 g/mol. The minimum Gasteiger partial charge on any atom is -0.493 e. The summed E-state index contributed by atoms with van der Waals surface area (Å²) >= 11 is 5.16. The van der Waals surface area contributed by atoms with Crippen molar-refractivity contribution in [2.24, 2.45) is 0 Å². The molecule has 1 heterocycles. The maximum Gasteiger partial charge on any atom is 0.161 e. The minimum absolute atomic E-state index is 0.220. The summed E-state index contributed by atoms with van der Waals surface area (Å²) in [6, 6.07) is 7.85. The van der Waals surface area contributed by atoms with Crippen molar-refractivity contribution in [3.8, 4) is 11.5 Å². The number of hydrogen-bond acceptors (Lipinski definition) is 5. The molecule has 0 fully saturated rings. The molecule has 0 bridgehead atoms. The number of thiophene rings is 1. The second-order valence-electron chi connectivity index (χ2n) is 5.80. The van der Waals surface area contributed by atoms with Crippen LogP contribution in [0.5, 0.6) is 11.5 Å². The topological polar surface area (TPSA) is 41.9 Å². The third-order valence-corrected chi connectivity index (χ3v) is 5.23. The van der Waals surface area contributed by atoms with Crippen molar-refractivity contribution in [1.29, 1.82) is 0 Å². The van der Waals surface area contributed by atoms with Crippen molar-refractivity contribution in [1.82, 2.24) is 4.90 Å². The Morgan fingerprint density at radius 2 is 2.12 bits per heavy atom. The van der Waals surface area contributed by atoms with Gasteiger partial charge in [0.15, 0.2) is 11.5 Å². The molecule has 0 aliphatic carbocycles. The zero-order valence-electron chi connectivity index (χ0n) is 14.7. The third-order valence-electron chi connectivity index (χ3n) is 3.55. The number of hydrogen-bond donors (Lipinski definition) is 1. The van der Waals surface area contributed by atoms with Crippen molar-refractivity contribution in [3.05, 3.63) is 50.6 Å². The van der Waals surface area contributed by atoms with E-state index >= 15 is 0 Å². The van der Waals surface area contributed by atoms with E-state index in [-0.39, 0.29) is 6.61 Å². The molecule has 1 N–H and O–H groups in total. The molecule has 1 aromatic carbocycles. The molecule has 1 aromatic heterocycles. The van der Waals surface area contributed by atoms with E-state index in [0.29, 0.717) is 18.0 Å². The van der Waals surface area contributed by atoms with Gasteiger partial charge >= 0.3 is 0 Å². The lowest BCUT2D eigenvalue weighted by molar-refractivity contribution is 0.0735. The number of ether oxygens (including phenoxy) is 2. The largest absolute Gasteiger partial charge is 0.493 e. The summed E-state index contributed by atoms with van der Waals surface area (Å²) < 4.78 is 12.2. The number of halogens is 1. The number of benzene rings is 1. The van der Waals surface area contributed by atoms with Crippen molar-refractivity contribution < 1.29 is 14.6 Å². The first kappa shape index (κ1) is 20.0. The van der Waals surface area contributed by atoms with Gasteiger partial charge in [-0.05, 0) is 53.7 Å². The number of rotatable bonds is 9. The molecule has 0 spiro atoms. The molecule has 1 atom stereocenters. The van der Waals surface area contributed by atoms with Crippen LogP contribution in [0.2, 0.25) is 0 Å². The van der Waals surface area contributed by atoms with Crippen LogP contribution in [-0.2, 0) is 6.54 Å². The molecule has 0 aliphatic rings. The Labute approximate surface area is 161 Å². The van der Waals surface area contributed by atoms with Gasteiger partial charge < -0.3 is 14.6 Å². The Morgan fingerprint density at radius 3 is 2.76 bits per heavy atom. The molecular weight excluding hydrogens is 402 g/mol. The van der Waals surface area contributed by atoms with Gasteiger partial charge in [0.05, 0.1) is 7.11 Å². The number of aliphatic hydroxyl groups is 1. The lowest BCUT2D eigenvalue weighted by atomic mass is 10.2. The Balaban J connectivity index is 1.85. The normalized spacial score (nSPS) is 12.7. The van der Waals surface area contributed by atoms with Gasteiger partial charge in [-0.2, -0.15) is 0 Å². The Hall–Kier alpha value is -1.34. The molecule has 2 aromatic rings. The Kier molecular flexibility index (Phi) is 7.96. The molecule has 0 radical (unpaired) electrons. The zero-order valence-corrected chi connectivity index (χ0v) is 17.1. The standard InChI is InChI=1S/C19H24BrNO3S/c1-4-5-14-6-7-18(19(8-14)23-3)24-12-16(22)10-21(2)11-17-9-15(20)13-25-17/h4-9,13,16,22H,10-12H2,1-3H3/b5-4+. The van der Waals surface area contributed by atoms with E-state index in [0.717, 1.165) is 16.6 Å². The van der Waals surface area contributed by atoms with E-state index in [1.807, 2.05) is 44.3 Å². The molecule has 2 rings (SSSR count). The molecule has 0 saturated heterocycles. The summed E-state index contributed by atoms with van der Waals surface area (Å²) in [5.41, 5.74) is 1.05. The van der Waals surface area contributed by atoms with Crippen LogP contribution >= 0.6 is 27.3 Å². The predicted octanol–water partition coefficient (Wildman–Crippen LogP) is 4.42. The third kappa shape index (κ3) is 6.47. The molecule has 1 unspecified atom stereocenters. The summed E-state index contributed by atoms with van der Waals surface area (Å²) in [4.78, 5) is 3.34. The Bertz CT molecular complexity index is 702. The van der Waals surface area contributed by atoms with Gasteiger partial charge in [-0.3, -0.25) is 4.90 Å². The lowest BCUT2D eigenvalue weighted by Crippen LogP contribution is -2.32. The summed E-state index contributed by atoms with van der Waals surface area (Å²) in [5.74, 6) is 1.30. The van der Waals surface area contributed by atoms with Crippen LogP contribution in [0.4, 0.5) is 0 Å². The number of aliphatic hydroxyl groups excluding tert-OH is 1. The first-order valence-electron chi connectivity index (χ1n) is 8.05. The van der Waals surface area contributed by atoms with Crippen molar-refractivity contribution in [2.75, 3.05) is 27.3 Å². The van der Waals surface area contributed by atoms with Crippen molar-refractivity contribution in [3.63, 3.8) is 0 Å². The van der Waals surface area contributed by atoms with Crippen molar-refractivity contribution >= 4 is 33.3 Å². The van der Waals surface area contributed by atoms with E-state index in [2.05, 4.69) is 32.3 Å². The second kappa shape index (κ2) is 9.97. The van der Waals surface area contributed by atoms with E-state index in [4.69, 9.17) is 9.47 Å². The maximum atomic E-state index is 10.2.